The van der Waals surface area contributed by atoms with E-state index in [1.165, 1.54) is 12.8 Å². The highest BCUT2D eigenvalue weighted by Gasteiger charge is 2.21. The van der Waals surface area contributed by atoms with Crippen LogP contribution in [-0.4, -0.2) is 44.0 Å². The number of carbonyl (C=O) groups is 1. The number of halogens is 1. The molecule has 0 aromatic heterocycles. The average Bonchev–Trinajstić information content (AvgIpc) is 3.35. The van der Waals surface area contributed by atoms with Crippen molar-refractivity contribution >= 4 is 35.8 Å². The topological polar surface area (TPSA) is 56.7 Å². The Morgan fingerprint density at radius 1 is 1.26 bits per heavy atom. The summed E-state index contributed by atoms with van der Waals surface area (Å²) < 4.78 is 0. The van der Waals surface area contributed by atoms with Crippen LogP contribution in [0.25, 0.3) is 0 Å². The van der Waals surface area contributed by atoms with Crippen LogP contribution in [0.2, 0.25) is 0 Å². The molecular weight excluding hydrogens is 403 g/mol. The van der Waals surface area contributed by atoms with Gasteiger partial charge in [-0.15, -0.1) is 24.0 Å². The number of benzene rings is 1. The number of carbonyl (C=O) groups excluding carboxylic acids is 1. The minimum absolute atomic E-state index is 0. The maximum absolute atomic E-state index is 12.1. The zero-order chi connectivity index (χ0) is 15.8. The Morgan fingerprint density at radius 3 is 2.57 bits per heavy atom. The maximum Gasteiger partial charge on any atom is 0.224 e. The number of amides is 1. The third kappa shape index (κ3) is 7.67. The summed E-state index contributed by atoms with van der Waals surface area (Å²) in [5, 5.41) is 6.48. The van der Waals surface area contributed by atoms with Crippen LogP contribution in [0.4, 0.5) is 0 Å². The normalized spacial score (nSPS) is 13.9. The number of nitrogens with zero attached hydrogens (tertiary/aromatic N) is 2. The van der Waals surface area contributed by atoms with Crippen LogP contribution in [0.5, 0.6) is 0 Å². The highest BCUT2D eigenvalue weighted by molar-refractivity contribution is 14.0. The smallest absolute Gasteiger partial charge is 0.224 e. The van der Waals surface area contributed by atoms with Gasteiger partial charge < -0.3 is 15.5 Å². The Balaban J connectivity index is 0.00000264. The predicted octanol–water partition coefficient (Wildman–Crippen LogP) is 2.23. The van der Waals surface area contributed by atoms with E-state index in [2.05, 4.69) is 15.6 Å². The van der Waals surface area contributed by atoms with E-state index < -0.39 is 0 Å². The maximum atomic E-state index is 12.1. The lowest BCUT2D eigenvalue weighted by molar-refractivity contribution is -0.130. The fraction of sp³-hybridized carbons (Fsp3) is 0.529. The average molecular weight is 430 g/mol. The minimum Gasteiger partial charge on any atom is -0.356 e. The number of guanidine groups is 1. The lowest BCUT2D eigenvalue weighted by Gasteiger charge is -2.18. The third-order valence-corrected chi connectivity index (χ3v) is 3.80. The van der Waals surface area contributed by atoms with Crippen LogP contribution in [0.1, 0.15) is 24.8 Å². The molecule has 0 heterocycles. The molecule has 1 amide bonds. The van der Waals surface area contributed by atoms with E-state index in [9.17, 15) is 4.79 Å². The molecule has 1 saturated carbocycles. The summed E-state index contributed by atoms with van der Waals surface area (Å²) in [6.45, 7) is 2.22. The van der Waals surface area contributed by atoms with Crippen molar-refractivity contribution in [1.82, 2.24) is 15.5 Å². The zero-order valence-corrected chi connectivity index (χ0v) is 16.2. The first-order valence-electron chi connectivity index (χ1n) is 7.91. The second-order valence-electron chi connectivity index (χ2n) is 5.81. The molecule has 1 aromatic carbocycles. The first-order valence-corrected chi connectivity index (χ1v) is 7.91. The van der Waals surface area contributed by atoms with E-state index in [4.69, 9.17) is 0 Å². The van der Waals surface area contributed by atoms with Crippen LogP contribution in [0, 0.1) is 5.92 Å². The summed E-state index contributed by atoms with van der Waals surface area (Å²) >= 11 is 0. The molecule has 128 valence electrons. The van der Waals surface area contributed by atoms with Crippen molar-refractivity contribution in [2.24, 2.45) is 10.9 Å². The fourth-order valence-corrected chi connectivity index (χ4v) is 2.21. The van der Waals surface area contributed by atoms with Crippen molar-refractivity contribution < 1.29 is 4.79 Å². The zero-order valence-electron chi connectivity index (χ0n) is 13.9. The number of nitrogens with one attached hydrogen (secondary N) is 2. The van der Waals surface area contributed by atoms with Gasteiger partial charge in [0.2, 0.25) is 5.91 Å². The van der Waals surface area contributed by atoms with Gasteiger partial charge in [0.05, 0.1) is 0 Å². The lowest BCUT2D eigenvalue weighted by Crippen LogP contribution is -2.40. The highest BCUT2D eigenvalue weighted by atomic mass is 127. The van der Waals surface area contributed by atoms with E-state index in [1.807, 2.05) is 37.4 Å². The minimum atomic E-state index is 0. The molecule has 0 spiro atoms. The summed E-state index contributed by atoms with van der Waals surface area (Å²) in [4.78, 5) is 18.0. The summed E-state index contributed by atoms with van der Waals surface area (Å²) in [7, 11) is 3.60. The highest BCUT2D eigenvalue weighted by Crippen LogP contribution is 2.27. The molecule has 23 heavy (non-hydrogen) atoms. The standard InChI is InChI=1S/C17H26N4O.HI/c1-18-17(20-12-14-8-9-14)19-11-10-16(22)21(2)13-15-6-4-3-5-7-15;/h3-7,14H,8-13H2,1-2H3,(H2,18,19,20);1H. The Kier molecular flexibility index (Phi) is 8.98. The van der Waals surface area contributed by atoms with Gasteiger partial charge in [0.15, 0.2) is 5.96 Å². The SMILES string of the molecule is CN=C(NCCC(=O)N(C)Cc1ccccc1)NCC1CC1.I. The summed E-state index contributed by atoms with van der Waals surface area (Å²) in [5.41, 5.74) is 1.15. The van der Waals surface area contributed by atoms with Gasteiger partial charge in [0.25, 0.3) is 0 Å². The molecule has 0 aliphatic heterocycles. The summed E-state index contributed by atoms with van der Waals surface area (Å²) in [6, 6.07) is 10.0. The van der Waals surface area contributed by atoms with Crippen LogP contribution in [-0.2, 0) is 11.3 Å². The summed E-state index contributed by atoms with van der Waals surface area (Å²) in [5.74, 6) is 1.72. The van der Waals surface area contributed by atoms with Crippen LogP contribution >= 0.6 is 24.0 Å². The molecule has 0 radical (unpaired) electrons. The number of rotatable bonds is 7. The van der Waals surface area contributed by atoms with Gasteiger partial charge >= 0.3 is 0 Å². The van der Waals surface area contributed by atoms with Gasteiger partial charge in [-0.3, -0.25) is 9.79 Å². The van der Waals surface area contributed by atoms with Gasteiger partial charge in [0.1, 0.15) is 0 Å². The predicted molar refractivity (Wildman–Crippen MR) is 105 cm³/mol. The first kappa shape index (κ1) is 19.7. The van der Waals surface area contributed by atoms with Crippen molar-refractivity contribution in [3.05, 3.63) is 35.9 Å². The molecule has 0 atom stereocenters. The van der Waals surface area contributed by atoms with Gasteiger partial charge in [-0.25, -0.2) is 0 Å². The second-order valence-corrected chi connectivity index (χ2v) is 5.81. The Bertz CT molecular complexity index is 503. The van der Waals surface area contributed by atoms with Crippen molar-refractivity contribution in [2.75, 3.05) is 27.2 Å². The molecular formula is C17H27IN4O. The van der Waals surface area contributed by atoms with Crippen LogP contribution in [0.15, 0.2) is 35.3 Å². The Morgan fingerprint density at radius 2 is 1.96 bits per heavy atom. The van der Waals surface area contributed by atoms with Gasteiger partial charge in [0, 0.05) is 40.2 Å². The molecule has 5 nitrogen and oxygen atoms in total. The number of aliphatic imine (C=N–C) groups is 1. The van der Waals surface area contributed by atoms with Crippen molar-refractivity contribution in [3.8, 4) is 0 Å². The van der Waals surface area contributed by atoms with Gasteiger partial charge in [-0.1, -0.05) is 30.3 Å². The monoisotopic (exact) mass is 430 g/mol. The first-order chi connectivity index (χ1) is 10.7. The van der Waals surface area contributed by atoms with Crippen LogP contribution in [0.3, 0.4) is 0 Å². The largest absolute Gasteiger partial charge is 0.356 e. The molecule has 0 saturated heterocycles. The molecule has 1 aliphatic rings. The fourth-order valence-electron chi connectivity index (χ4n) is 2.21. The quantitative estimate of drug-likeness (QED) is 0.396. The molecule has 1 fully saturated rings. The van der Waals surface area contributed by atoms with Gasteiger partial charge in [-0.2, -0.15) is 0 Å². The third-order valence-electron chi connectivity index (χ3n) is 3.80. The second kappa shape index (κ2) is 10.5. The molecule has 1 aromatic rings. The van der Waals surface area contributed by atoms with E-state index >= 15 is 0 Å². The molecule has 2 N–H and O–H groups in total. The van der Waals surface area contributed by atoms with Crippen molar-refractivity contribution in [2.45, 2.75) is 25.8 Å². The molecule has 0 unspecified atom stereocenters. The number of hydrogen-bond acceptors (Lipinski definition) is 2. The van der Waals surface area contributed by atoms with Gasteiger partial charge in [-0.05, 0) is 24.3 Å². The Hall–Kier alpha value is -1.31. The van der Waals surface area contributed by atoms with Crippen molar-refractivity contribution in [1.29, 1.82) is 0 Å². The van der Waals surface area contributed by atoms with Crippen LogP contribution < -0.4 is 10.6 Å². The molecule has 0 bridgehead atoms. The molecule has 1 aliphatic carbocycles. The van der Waals surface area contributed by atoms with E-state index in [0.29, 0.717) is 19.5 Å². The Labute approximate surface area is 156 Å². The number of hydrogen-bond donors (Lipinski definition) is 2. The van der Waals surface area contributed by atoms with Crippen molar-refractivity contribution in [3.63, 3.8) is 0 Å². The molecule has 6 heteroatoms. The van der Waals surface area contributed by atoms with E-state index in [-0.39, 0.29) is 29.9 Å². The lowest BCUT2D eigenvalue weighted by atomic mass is 10.2. The van der Waals surface area contributed by atoms with E-state index in [0.717, 1.165) is 24.0 Å². The molecule has 2 rings (SSSR count). The van der Waals surface area contributed by atoms with E-state index in [1.54, 1.807) is 11.9 Å². The summed E-state index contributed by atoms with van der Waals surface area (Å²) in [6.07, 6.45) is 3.09.